The maximum absolute atomic E-state index is 12.6. The summed E-state index contributed by atoms with van der Waals surface area (Å²) in [6.07, 6.45) is -7.10. The summed E-state index contributed by atoms with van der Waals surface area (Å²) in [6, 6.07) is 0. The summed E-state index contributed by atoms with van der Waals surface area (Å²) in [7, 11) is 0. The van der Waals surface area contributed by atoms with Crippen molar-refractivity contribution in [3.63, 3.8) is 0 Å². The molecular weight excluding hydrogens is 294 g/mol. The van der Waals surface area contributed by atoms with Gasteiger partial charge in [0.1, 0.15) is 6.61 Å². The van der Waals surface area contributed by atoms with Gasteiger partial charge in [-0.2, -0.15) is 43.9 Å². The number of aliphatic hydroxyl groups excluding tert-OH is 1. The molecule has 18 heavy (non-hydrogen) atoms. The van der Waals surface area contributed by atoms with Crippen LogP contribution in [0.4, 0.5) is 43.9 Å². The molecule has 0 aliphatic heterocycles. The lowest BCUT2D eigenvalue weighted by atomic mass is 9.97. The lowest BCUT2D eigenvalue weighted by molar-refractivity contribution is -0.440. The Kier molecular flexibility index (Phi) is 3.94. The molecule has 0 radical (unpaired) electrons. The van der Waals surface area contributed by atoms with Gasteiger partial charge in [0.25, 0.3) is 0 Å². The minimum atomic E-state index is -7.28. The molecule has 0 saturated heterocycles. The van der Waals surface area contributed by atoms with Crippen molar-refractivity contribution in [2.45, 2.75) is 29.8 Å². The van der Waals surface area contributed by atoms with Crippen molar-refractivity contribution in [3.8, 4) is 0 Å². The van der Waals surface area contributed by atoms with Crippen LogP contribution in [0.1, 0.15) is 0 Å². The monoisotopic (exact) mass is 298 g/mol. The van der Waals surface area contributed by atoms with Crippen LogP contribution < -0.4 is 0 Å². The Morgan fingerprint density at radius 3 is 1.22 bits per heavy atom. The highest BCUT2D eigenvalue weighted by Crippen LogP contribution is 2.55. The van der Waals surface area contributed by atoms with Gasteiger partial charge in [0.15, 0.2) is 0 Å². The first kappa shape index (κ1) is 17.2. The topological polar surface area (TPSA) is 40.5 Å². The summed E-state index contributed by atoms with van der Waals surface area (Å²) in [5.41, 5.74) is 0. The fourth-order valence-corrected chi connectivity index (χ4v) is 0.721. The first-order valence-electron chi connectivity index (χ1n) is 3.78. The van der Waals surface area contributed by atoms with E-state index in [1.807, 2.05) is 0 Å². The molecule has 0 rings (SSSR count). The highest BCUT2D eigenvalue weighted by Gasteiger charge is 2.85. The molecule has 0 fully saturated rings. The predicted molar refractivity (Wildman–Crippen MR) is 34.0 cm³/mol. The van der Waals surface area contributed by atoms with Crippen molar-refractivity contribution in [2.24, 2.45) is 0 Å². The summed E-state index contributed by atoms with van der Waals surface area (Å²) in [4.78, 5) is 0. The Hall–Kier alpha value is -0.780. The zero-order chi connectivity index (χ0) is 15.2. The number of hydrogen-bond donors (Lipinski definition) is 2. The Balaban J connectivity index is 5.80. The normalized spacial score (nSPS) is 18.7. The number of alkyl halides is 10. The predicted octanol–water partition coefficient (Wildman–Crippen LogP) is 2.10. The van der Waals surface area contributed by atoms with Gasteiger partial charge in [-0.15, -0.1) is 0 Å². The van der Waals surface area contributed by atoms with E-state index in [2.05, 4.69) is 0 Å². The van der Waals surface area contributed by atoms with Gasteiger partial charge in [0.2, 0.25) is 0 Å². The average molecular weight is 298 g/mol. The minimum Gasteiger partial charge on any atom is -0.390 e. The zero-order valence-electron chi connectivity index (χ0n) is 7.88. The van der Waals surface area contributed by atoms with E-state index in [9.17, 15) is 43.9 Å². The van der Waals surface area contributed by atoms with Crippen molar-refractivity contribution in [3.05, 3.63) is 0 Å². The summed E-state index contributed by atoms with van der Waals surface area (Å²) in [5, 5.41) is 15.7. The second kappa shape index (κ2) is 4.11. The Bertz CT molecular complexity index is 306. The van der Waals surface area contributed by atoms with Crippen molar-refractivity contribution >= 4 is 0 Å². The third-order valence-electron chi connectivity index (χ3n) is 1.85. The smallest absolute Gasteiger partial charge is 0.390 e. The number of aliphatic hydroxyl groups is 2. The van der Waals surface area contributed by atoms with Gasteiger partial charge in [-0.25, -0.2) is 0 Å². The van der Waals surface area contributed by atoms with Gasteiger partial charge in [0, 0.05) is 0 Å². The van der Waals surface area contributed by atoms with Crippen LogP contribution in [-0.4, -0.2) is 46.6 Å². The van der Waals surface area contributed by atoms with Crippen LogP contribution in [0.25, 0.3) is 0 Å². The van der Waals surface area contributed by atoms with Crippen LogP contribution in [0.15, 0.2) is 0 Å². The van der Waals surface area contributed by atoms with Gasteiger partial charge >= 0.3 is 29.8 Å². The average Bonchev–Trinajstić information content (AvgIpc) is 2.15. The number of hydrogen-bond acceptors (Lipinski definition) is 2. The summed E-state index contributed by atoms with van der Waals surface area (Å²) in [5.74, 6) is -27.0. The van der Waals surface area contributed by atoms with Crippen LogP contribution in [0.2, 0.25) is 0 Å². The first-order chi connectivity index (χ1) is 7.56. The molecule has 0 aliphatic rings. The molecule has 0 aromatic heterocycles. The molecule has 12 heteroatoms. The molecule has 1 unspecified atom stereocenters. The molecule has 0 aromatic carbocycles. The minimum absolute atomic E-state index is 2.91. The standard InChI is InChI=1S/C6H4F10O2/c7-2(8,1-17)5(13,18)3(9,10)4(11,12)6(14,15)16/h17-18H,1H2. The SMILES string of the molecule is OCC(F)(F)C(O)(F)C(F)(F)C(F)(F)C(F)(F)F. The van der Waals surface area contributed by atoms with Crippen LogP contribution in [-0.2, 0) is 0 Å². The lowest BCUT2D eigenvalue weighted by Crippen LogP contribution is -2.69. The molecule has 0 heterocycles. The molecule has 0 saturated carbocycles. The molecule has 2 nitrogen and oxygen atoms in total. The summed E-state index contributed by atoms with van der Waals surface area (Å²) < 4.78 is 121. The largest absolute Gasteiger partial charge is 0.460 e. The van der Waals surface area contributed by atoms with Crippen molar-refractivity contribution < 1.29 is 54.1 Å². The summed E-state index contributed by atoms with van der Waals surface area (Å²) in [6.45, 7) is -2.91. The van der Waals surface area contributed by atoms with E-state index in [4.69, 9.17) is 10.2 Å². The molecule has 2 N–H and O–H groups in total. The van der Waals surface area contributed by atoms with E-state index in [0.29, 0.717) is 0 Å². The Morgan fingerprint density at radius 1 is 0.667 bits per heavy atom. The van der Waals surface area contributed by atoms with E-state index in [-0.39, 0.29) is 0 Å². The number of rotatable bonds is 4. The maximum Gasteiger partial charge on any atom is 0.460 e. The zero-order valence-corrected chi connectivity index (χ0v) is 7.88. The molecule has 0 aromatic rings. The lowest BCUT2D eigenvalue weighted by Gasteiger charge is -2.38. The Labute approximate surface area is 91.8 Å². The fraction of sp³-hybridized carbons (Fsp3) is 1.00. The van der Waals surface area contributed by atoms with E-state index in [0.717, 1.165) is 0 Å². The highest BCUT2D eigenvalue weighted by atomic mass is 19.4. The van der Waals surface area contributed by atoms with Crippen LogP contribution in [0.3, 0.4) is 0 Å². The van der Waals surface area contributed by atoms with Crippen LogP contribution >= 0.6 is 0 Å². The van der Waals surface area contributed by atoms with Crippen molar-refractivity contribution in [1.82, 2.24) is 0 Å². The third kappa shape index (κ3) is 2.11. The Morgan fingerprint density at radius 2 is 1.00 bits per heavy atom. The van der Waals surface area contributed by atoms with Crippen molar-refractivity contribution in [1.29, 1.82) is 0 Å². The molecule has 0 aliphatic carbocycles. The van der Waals surface area contributed by atoms with Gasteiger partial charge in [0.05, 0.1) is 0 Å². The second-order valence-corrected chi connectivity index (χ2v) is 3.13. The first-order valence-corrected chi connectivity index (χ1v) is 3.78. The van der Waals surface area contributed by atoms with E-state index < -0.39 is 36.4 Å². The second-order valence-electron chi connectivity index (χ2n) is 3.13. The third-order valence-corrected chi connectivity index (χ3v) is 1.85. The fourth-order valence-electron chi connectivity index (χ4n) is 0.721. The summed E-state index contributed by atoms with van der Waals surface area (Å²) >= 11 is 0. The molecule has 0 bridgehead atoms. The quantitative estimate of drug-likeness (QED) is 0.780. The van der Waals surface area contributed by atoms with Crippen LogP contribution in [0, 0.1) is 0 Å². The molecule has 1 atom stereocenters. The van der Waals surface area contributed by atoms with Gasteiger partial charge in [-0.3, -0.25) is 0 Å². The molecule has 110 valence electrons. The van der Waals surface area contributed by atoms with Gasteiger partial charge in [-0.1, -0.05) is 0 Å². The molecule has 0 spiro atoms. The maximum atomic E-state index is 12.6. The van der Waals surface area contributed by atoms with E-state index >= 15 is 0 Å². The highest BCUT2D eigenvalue weighted by molar-refractivity contribution is 5.05. The van der Waals surface area contributed by atoms with Crippen LogP contribution in [0.5, 0.6) is 0 Å². The van der Waals surface area contributed by atoms with Gasteiger partial charge < -0.3 is 10.2 Å². The molecular formula is C6H4F10O2. The molecule has 0 amide bonds. The van der Waals surface area contributed by atoms with E-state index in [1.54, 1.807) is 0 Å². The van der Waals surface area contributed by atoms with Crippen molar-refractivity contribution in [2.75, 3.05) is 6.61 Å². The van der Waals surface area contributed by atoms with E-state index in [1.165, 1.54) is 0 Å². The number of halogens is 10. The van der Waals surface area contributed by atoms with Gasteiger partial charge in [-0.05, 0) is 0 Å².